The van der Waals surface area contributed by atoms with Gasteiger partial charge in [0.2, 0.25) is 0 Å². The minimum atomic E-state index is -1.44. The van der Waals surface area contributed by atoms with Gasteiger partial charge in [0.1, 0.15) is 5.82 Å². The first-order chi connectivity index (χ1) is 17.2. The van der Waals surface area contributed by atoms with Gasteiger partial charge in [0.25, 0.3) is 5.91 Å². The van der Waals surface area contributed by atoms with E-state index in [9.17, 15) is 22.4 Å². The second-order valence-electron chi connectivity index (χ2n) is 9.23. The number of rotatable bonds is 7. The van der Waals surface area contributed by atoms with Gasteiger partial charge >= 0.3 is 0 Å². The van der Waals surface area contributed by atoms with Crippen LogP contribution in [0.25, 0.3) is 11.0 Å². The number of aromatic nitrogens is 2. The Bertz CT molecular complexity index is 1390. The zero-order valence-corrected chi connectivity index (χ0v) is 19.8. The molecule has 1 aromatic heterocycles. The van der Waals surface area contributed by atoms with Crippen LogP contribution in [0.15, 0.2) is 28.2 Å². The third-order valence-electron chi connectivity index (χ3n) is 6.48. The molecular weight excluding hydrogens is 476 g/mol. The summed E-state index contributed by atoms with van der Waals surface area (Å²) in [5, 5.41) is 0. The highest BCUT2D eigenvalue weighted by Crippen LogP contribution is 2.29. The van der Waals surface area contributed by atoms with Crippen LogP contribution in [-0.2, 0) is 13.0 Å². The fraction of sp³-hybridized carbons (Fsp3) is 0.360. The van der Waals surface area contributed by atoms with E-state index < -0.39 is 28.8 Å². The van der Waals surface area contributed by atoms with Gasteiger partial charge in [-0.1, -0.05) is 0 Å². The van der Waals surface area contributed by atoms with Crippen molar-refractivity contribution in [1.82, 2.24) is 19.8 Å². The van der Waals surface area contributed by atoms with Crippen LogP contribution in [0.5, 0.6) is 0 Å². The van der Waals surface area contributed by atoms with Crippen molar-refractivity contribution in [3.05, 3.63) is 64.0 Å². The highest BCUT2D eigenvalue weighted by Gasteiger charge is 2.30. The molecule has 1 N–H and O–H groups in total. The molecule has 2 aliphatic rings. The maximum Gasteiger partial charge on any atom is 0.254 e. The van der Waals surface area contributed by atoms with Crippen molar-refractivity contribution in [2.75, 3.05) is 40.3 Å². The van der Waals surface area contributed by atoms with Crippen LogP contribution in [0.2, 0.25) is 0 Å². The number of carbonyl (C=O) groups excluding carboxylic acids is 1. The molecule has 2 aliphatic heterocycles. The van der Waals surface area contributed by atoms with Crippen LogP contribution in [0.3, 0.4) is 0 Å². The summed E-state index contributed by atoms with van der Waals surface area (Å²) in [6.07, 6.45) is 1.25. The minimum absolute atomic E-state index is 0.0157. The van der Waals surface area contributed by atoms with Crippen molar-refractivity contribution in [3.8, 4) is 0 Å². The topological polar surface area (TPSA) is 76.9 Å². The van der Waals surface area contributed by atoms with Crippen LogP contribution in [0, 0.1) is 23.3 Å². The van der Waals surface area contributed by atoms with Crippen LogP contribution in [0.1, 0.15) is 33.2 Å². The smallest absolute Gasteiger partial charge is 0.254 e. The minimum Gasteiger partial charge on any atom is -0.341 e. The van der Waals surface area contributed by atoms with Crippen molar-refractivity contribution in [2.45, 2.75) is 18.9 Å². The molecule has 0 aliphatic carbocycles. The lowest BCUT2D eigenvalue weighted by atomic mass is 10.1. The number of carbonyl (C=O) groups is 1. The van der Waals surface area contributed by atoms with E-state index >= 15 is 0 Å². The molecule has 2 aromatic carbocycles. The van der Waals surface area contributed by atoms with E-state index in [1.165, 1.54) is 0 Å². The third-order valence-corrected chi connectivity index (χ3v) is 6.48. The van der Waals surface area contributed by atoms with Crippen LogP contribution in [-0.4, -0.2) is 77.9 Å². The van der Waals surface area contributed by atoms with E-state index in [2.05, 4.69) is 20.0 Å². The Morgan fingerprint density at radius 2 is 1.89 bits per heavy atom. The van der Waals surface area contributed by atoms with E-state index in [1.807, 2.05) is 30.0 Å². The molecule has 0 saturated heterocycles. The van der Waals surface area contributed by atoms with Gasteiger partial charge in [-0.05, 0) is 38.2 Å². The largest absolute Gasteiger partial charge is 0.341 e. The number of hydrogen-bond donors (Lipinski definition) is 1. The Balaban J connectivity index is 1.33. The maximum atomic E-state index is 13.9. The summed E-state index contributed by atoms with van der Waals surface area (Å²) in [6, 6.07) is 3.91. The van der Waals surface area contributed by atoms with Crippen molar-refractivity contribution in [2.24, 2.45) is 9.98 Å². The first-order valence-corrected chi connectivity index (χ1v) is 11.6. The maximum absolute atomic E-state index is 13.9. The van der Waals surface area contributed by atoms with E-state index in [0.29, 0.717) is 42.3 Å². The first-order valence-electron chi connectivity index (χ1n) is 11.6. The molecule has 3 heterocycles. The van der Waals surface area contributed by atoms with Crippen LogP contribution in [0.4, 0.5) is 17.6 Å². The van der Waals surface area contributed by atoms with Gasteiger partial charge in [-0.15, -0.1) is 0 Å². The fourth-order valence-corrected chi connectivity index (χ4v) is 4.52. The summed E-state index contributed by atoms with van der Waals surface area (Å²) in [5.41, 5.74) is 2.89. The summed E-state index contributed by atoms with van der Waals surface area (Å²) < 4.78 is 54.8. The number of nitrogens with one attached hydrogen (secondary N) is 1. The number of aliphatic imine (C=N–C) groups is 2. The molecule has 3 aromatic rings. The molecule has 11 heteroatoms. The highest BCUT2D eigenvalue weighted by atomic mass is 19.2. The zero-order valence-electron chi connectivity index (χ0n) is 19.8. The Morgan fingerprint density at radius 3 is 2.61 bits per heavy atom. The Labute approximate surface area is 204 Å². The van der Waals surface area contributed by atoms with Crippen LogP contribution < -0.4 is 0 Å². The zero-order chi connectivity index (χ0) is 25.6. The first kappa shape index (κ1) is 24.1. The monoisotopic (exact) mass is 500 g/mol. The number of likely N-dealkylation sites (N-methyl/N-ethyl adjacent to an activating group) is 1. The van der Waals surface area contributed by atoms with E-state index in [1.54, 1.807) is 12.3 Å². The van der Waals surface area contributed by atoms with Gasteiger partial charge in [-0.3, -0.25) is 14.8 Å². The molecule has 0 radical (unpaired) electrons. The molecular formula is C25H24F4N6O. The van der Waals surface area contributed by atoms with Gasteiger partial charge in [-0.25, -0.2) is 22.5 Å². The summed E-state index contributed by atoms with van der Waals surface area (Å²) in [4.78, 5) is 33.2. The fourth-order valence-electron chi connectivity index (χ4n) is 4.52. The van der Waals surface area contributed by atoms with Crippen LogP contribution >= 0.6 is 0 Å². The van der Waals surface area contributed by atoms with Crippen molar-refractivity contribution < 1.29 is 22.4 Å². The Morgan fingerprint density at radius 1 is 1.14 bits per heavy atom. The average Bonchev–Trinajstić information content (AvgIpc) is 3.54. The predicted molar refractivity (Wildman–Crippen MR) is 128 cm³/mol. The van der Waals surface area contributed by atoms with E-state index in [0.717, 1.165) is 17.6 Å². The predicted octanol–water partition coefficient (Wildman–Crippen LogP) is 3.49. The molecule has 0 fully saturated rings. The number of H-pyrrole nitrogens is 1. The number of benzene rings is 2. The van der Waals surface area contributed by atoms with Crippen molar-refractivity contribution >= 4 is 28.9 Å². The standard InChI is InChI=1S/C25H24F4N6O/c1-34(2)5-6-35-12-13-7-19-20(8-15(13)25(35)36)33-24(32-19)16-10-30-11-21(16)31-4-3-14-22(28)17(26)9-18(27)23(14)29/h7-9,11,16H,3-6,10,12H2,1-2H3,(H,32,33). The summed E-state index contributed by atoms with van der Waals surface area (Å²) in [6.45, 7) is 2.26. The number of fused-ring (bicyclic) bond motifs is 2. The lowest BCUT2D eigenvalue weighted by molar-refractivity contribution is 0.0768. The summed E-state index contributed by atoms with van der Waals surface area (Å²) in [7, 11) is 3.93. The summed E-state index contributed by atoms with van der Waals surface area (Å²) in [5.74, 6) is -5.42. The molecule has 1 amide bonds. The van der Waals surface area contributed by atoms with Gasteiger partial charge in [0.15, 0.2) is 23.3 Å². The molecule has 188 valence electrons. The van der Waals surface area contributed by atoms with Gasteiger partial charge < -0.3 is 14.8 Å². The van der Waals surface area contributed by atoms with Gasteiger partial charge in [0, 0.05) is 49.6 Å². The molecule has 5 rings (SSSR count). The number of nitrogens with zero attached hydrogens (tertiary/aromatic N) is 5. The molecule has 36 heavy (non-hydrogen) atoms. The van der Waals surface area contributed by atoms with E-state index in [4.69, 9.17) is 0 Å². The summed E-state index contributed by atoms with van der Waals surface area (Å²) >= 11 is 0. The second kappa shape index (κ2) is 9.45. The molecule has 1 atom stereocenters. The SMILES string of the molecule is CN(C)CCN1Cc2cc3[nH]c(C4CN=CC4=NCCc4c(F)c(F)cc(F)c4F)nc3cc2C1=O. The highest BCUT2D eigenvalue weighted by molar-refractivity contribution is 6.34. The number of halogens is 4. The lowest BCUT2D eigenvalue weighted by Gasteiger charge is -2.18. The quantitative estimate of drug-likeness (QED) is 0.399. The van der Waals surface area contributed by atoms with Gasteiger partial charge in [0.05, 0.1) is 29.2 Å². The number of aromatic amines is 1. The van der Waals surface area contributed by atoms with Crippen molar-refractivity contribution in [1.29, 1.82) is 0 Å². The third kappa shape index (κ3) is 4.39. The molecule has 0 saturated carbocycles. The van der Waals surface area contributed by atoms with Gasteiger partial charge in [-0.2, -0.15) is 0 Å². The number of amides is 1. The molecule has 0 spiro atoms. The lowest BCUT2D eigenvalue weighted by Crippen LogP contribution is -2.31. The van der Waals surface area contributed by atoms with Crippen molar-refractivity contribution in [3.63, 3.8) is 0 Å². The number of imidazole rings is 1. The second-order valence-corrected chi connectivity index (χ2v) is 9.23. The Kier molecular flexibility index (Phi) is 6.33. The number of hydrogen-bond acceptors (Lipinski definition) is 5. The molecule has 7 nitrogen and oxygen atoms in total. The average molecular weight is 501 g/mol. The molecule has 0 bridgehead atoms. The normalized spacial score (nSPS) is 18.4. The van der Waals surface area contributed by atoms with E-state index in [-0.39, 0.29) is 30.9 Å². The molecule has 1 unspecified atom stereocenters. The Hall–Kier alpha value is -3.60.